The van der Waals surface area contributed by atoms with Gasteiger partial charge in [0.2, 0.25) is 11.9 Å². The van der Waals surface area contributed by atoms with Gasteiger partial charge in [-0.25, -0.2) is 9.97 Å². The molecule has 2 aromatic heterocycles. The highest BCUT2D eigenvalue weighted by Crippen LogP contribution is 2.22. The van der Waals surface area contributed by atoms with Crippen LogP contribution in [0.15, 0.2) is 54.2 Å². The zero-order valence-electron chi connectivity index (χ0n) is 16.9. The lowest BCUT2D eigenvalue weighted by atomic mass is 10.1. The summed E-state index contributed by atoms with van der Waals surface area (Å²) in [4.78, 5) is 23.3. The Hall–Kier alpha value is -2.94. The third kappa shape index (κ3) is 4.79. The molecule has 30 heavy (non-hydrogen) atoms. The molecule has 3 aromatic rings. The van der Waals surface area contributed by atoms with Crippen molar-refractivity contribution in [2.45, 2.75) is 37.4 Å². The molecule has 1 N–H and O–H groups in total. The van der Waals surface area contributed by atoms with Crippen LogP contribution in [-0.4, -0.2) is 55.5 Å². The molecule has 1 saturated heterocycles. The minimum absolute atomic E-state index is 0.0211. The highest BCUT2D eigenvalue weighted by atomic mass is 32.2. The van der Waals surface area contributed by atoms with Crippen LogP contribution in [0.2, 0.25) is 0 Å². The van der Waals surface area contributed by atoms with E-state index >= 15 is 0 Å². The van der Waals surface area contributed by atoms with Crippen molar-refractivity contribution in [1.82, 2.24) is 30.0 Å². The van der Waals surface area contributed by atoms with Crippen molar-refractivity contribution in [3.05, 3.63) is 54.6 Å². The maximum Gasteiger partial charge on any atom is 0.230 e. The quantitative estimate of drug-likeness (QED) is 0.584. The molecule has 1 aromatic carbocycles. The van der Waals surface area contributed by atoms with Crippen LogP contribution in [0.3, 0.4) is 0 Å². The van der Waals surface area contributed by atoms with E-state index in [0.29, 0.717) is 5.75 Å². The van der Waals surface area contributed by atoms with Gasteiger partial charge in [-0.2, -0.15) is 0 Å². The average Bonchev–Trinajstić information content (AvgIpc) is 3.27. The molecule has 0 saturated carbocycles. The first-order chi connectivity index (χ1) is 14.7. The Morgan fingerprint density at radius 2 is 1.93 bits per heavy atom. The number of para-hydroxylation sites is 1. The summed E-state index contributed by atoms with van der Waals surface area (Å²) in [5.74, 6) is 1.09. The van der Waals surface area contributed by atoms with Crippen LogP contribution < -0.4 is 10.2 Å². The topological polar surface area (TPSA) is 88.8 Å². The van der Waals surface area contributed by atoms with Crippen molar-refractivity contribution < 1.29 is 4.79 Å². The van der Waals surface area contributed by atoms with Gasteiger partial charge in [0.1, 0.15) is 6.33 Å². The number of piperidine rings is 1. The summed E-state index contributed by atoms with van der Waals surface area (Å²) < 4.78 is 1.95. The molecule has 0 spiro atoms. The number of amides is 1. The molecule has 1 amide bonds. The number of rotatable bonds is 7. The summed E-state index contributed by atoms with van der Waals surface area (Å²) >= 11 is 1.41. The number of benzene rings is 1. The summed E-state index contributed by atoms with van der Waals surface area (Å²) in [5.41, 5.74) is 2.28. The number of carbonyl (C=O) groups excluding carboxylic acids is 1. The zero-order valence-corrected chi connectivity index (χ0v) is 17.8. The second-order valence-corrected chi connectivity index (χ2v) is 8.07. The van der Waals surface area contributed by atoms with Gasteiger partial charge in [0.15, 0.2) is 5.16 Å². The number of hydrogen-bond donors (Lipinski definition) is 1. The van der Waals surface area contributed by atoms with E-state index < -0.39 is 0 Å². The first-order valence-electron chi connectivity index (χ1n) is 10.2. The molecule has 0 unspecified atom stereocenters. The Balaban J connectivity index is 1.29. The summed E-state index contributed by atoms with van der Waals surface area (Å²) in [6.45, 7) is 3.80. The summed E-state index contributed by atoms with van der Waals surface area (Å²) in [6.07, 6.45) is 7.90. The molecule has 8 nitrogen and oxygen atoms in total. The van der Waals surface area contributed by atoms with Crippen LogP contribution in [0.25, 0.3) is 5.69 Å². The van der Waals surface area contributed by atoms with Crippen molar-refractivity contribution in [1.29, 1.82) is 0 Å². The van der Waals surface area contributed by atoms with Gasteiger partial charge in [-0.05, 0) is 37.0 Å². The largest absolute Gasteiger partial charge is 0.353 e. The summed E-state index contributed by atoms with van der Waals surface area (Å²) in [7, 11) is 0. The Morgan fingerprint density at radius 1 is 1.17 bits per heavy atom. The van der Waals surface area contributed by atoms with Gasteiger partial charge in [0, 0.05) is 31.5 Å². The number of anilines is 1. The number of nitrogens with one attached hydrogen (secondary N) is 1. The van der Waals surface area contributed by atoms with Crippen LogP contribution in [0.1, 0.15) is 25.3 Å². The van der Waals surface area contributed by atoms with E-state index in [9.17, 15) is 4.79 Å². The number of carbonyl (C=O) groups is 1. The normalized spacial score (nSPS) is 14.6. The van der Waals surface area contributed by atoms with Crippen LogP contribution in [0.4, 0.5) is 5.95 Å². The van der Waals surface area contributed by atoms with Crippen LogP contribution in [0, 0.1) is 0 Å². The lowest BCUT2D eigenvalue weighted by Crippen LogP contribution is -2.45. The standard InChI is InChI=1S/C21H25N7OS/c1-2-16-6-3-4-7-18(16)28-15-24-26-21(28)30-14-19(29)25-17-8-12-27(13-9-17)20-22-10-5-11-23-20/h3-7,10-11,15,17H,2,8-9,12-14H2,1H3,(H,25,29). The molecule has 0 atom stereocenters. The fourth-order valence-electron chi connectivity index (χ4n) is 3.61. The van der Waals surface area contributed by atoms with E-state index in [-0.39, 0.29) is 11.9 Å². The molecule has 0 radical (unpaired) electrons. The zero-order chi connectivity index (χ0) is 20.8. The third-order valence-electron chi connectivity index (χ3n) is 5.18. The Labute approximate surface area is 180 Å². The molecule has 156 valence electrons. The molecule has 9 heteroatoms. The molecule has 3 heterocycles. The fraction of sp³-hybridized carbons (Fsp3) is 0.381. The second-order valence-electron chi connectivity index (χ2n) is 7.13. The Morgan fingerprint density at radius 3 is 2.70 bits per heavy atom. The summed E-state index contributed by atoms with van der Waals surface area (Å²) in [5, 5.41) is 12.1. The average molecular weight is 424 g/mol. The Bertz CT molecular complexity index is 970. The Kier molecular flexibility index (Phi) is 6.58. The lowest BCUT2D eigenvalue weighted by molar-refractivity contribution is -0.119. The van der Waals surface area contributed by atoms with E-state index in [2.05, 4.69) is 49.4 Å². The molecule has 1 aliphatic heterocycles. The highest BCUT2D eigenvalue weighted by Gasteiger charge is 2.22. The number of thioether (sulfide) groups is 1. The van der Waals surface area contributed by atoms with Crippen LogP contribution in [-0.2, 0) is 11.2 Å². The third-order valence-corrected chi connectivity index (χ3v) is 6.12. The smallest absolute Gasteiger partial charge is 0.230 e. The van der Waals surface area contributed by atoms with E-state index in [1.54, 1.807) is 18.7 Å². The molecular formula is C21H25N7OS. The molecular weight excluding hydrogens is 398 g/mol. The van der Waals surface area contributed by atoms with Crippen LogP contribution in [0.5, 0.6) is 0 Å². The second kappa shape index (κ2) is 9.71. The fourth-order valence-corrected chi connectivity index (χ4v) is 4.34. The van der Waals surface area contributed by atoms with E-state index in [0.717, 1.165) is 49.1 Å². The maximum atomic E-state index is 12.5. The van der Waals surface area contributed by atoms with Crippen molar-refractivity contribution in [2.75, 3.05) is 23.7 Å². The predicted octanol–water partition coefficient (Wildman–Crippen LogP) is 2.50. The molecule has 4 rings (SSSR count). The minimum atomic E-state index is 0.0211. The van der Waals surface area contributed by atoms with Crippen molar-refractivity contribution in [3.8, 4) is 5.69 Å². The number of aromatic nitrogens is 5. The van der Waals surface area contributed by atoms with Crippen molar-refractivity contribution in [3.63, 3.8) is 0 Å². The SMILES string of the molecule is CCc1ccccc1-n1cnnc1SCC(=O)NC1CCN(c2ncccn2)CC1. The van der Waals surface area contributed by atoms with Gasteiger partial charge < -0.3 is 10.2 Å². The van der Waals surface area contributed by atoms with E-state index in [4.69, 9.17) is 0 Å². The number of aryl methyl sites for hydroxylation is 1. The van der Waals surface area contributed by atoms with Gasteiger partial charge in [-0.3, -0.25) is 9.36 Å². The van der Waals surface area contributed by atoms with Gasteiger partial charge in [0.25, 0.3) is 0 Å². The van der Waals surface area contributed by atoms with Gasteiger partial charge >= 0.3 is 0 Å². The first-order valence-corrected chi connectivity index (χ1v) is 11.2. The maximum absolute atomic E-state index is 12.5. The first kappa shape index (κ1) is 20.3. The molecule has 0 bridgehead atoms. The number of hydrogen-bond acceptors (Lipinski definition) is 7. The monoisotopic (exact) mass is 423 g/mol. The van der Waals surface area contributed by atoms with Crippen molar-refractivity contribution in [2.24, 2.45) is 0 Å². The predicted molar refractivity (Wildman–Crippen MR) is 117 cm³/mol. The lowest BCUT2D eigenvalue weighted by Gasteiger charge is -2.32. The van der Waals surface area contributed by atoms with Gasteiger partial charge in [0.05, 0.1) is 11.4 Å². The van der Waals surface area contributed by atoms with E-state index in [1.165, 1.54) is 17.3 Å². The van der Waals surface area contributed by atoms with Crippen LogP contribution >= 0.6 is 11.8 Å². The molecule has 0 aliphatic carbocycles. The van der Waals surface area contributed by atoms with Crippen molar-refractivity contribution >= 4 is 23.6 Å². The summed E-state index contributed by atoms with van der Waals surface area (Å²) in [6, 6.07) is 10.2. The van der Waals surface area contributed by atoms with E-state index in [1.807, 2.05) is 22.8 Å². The molecule has 1 aliphatic rings. The highest BCUT2D eigenvalue weighted by molar-refractivity contribution is 7.99. The van der Waals surface area contributed by atoms with Gasteiger partial charge in [-0.15, -0.1) is 10.2 Å². The van der Waals surface area contributed by atoms with Gasteiger partial charge in [-0.1, -0.05) is 36.9 Å². The number of nitrogens with zero attached hydrogens (tertiary/aromatic N) is 6. The molecule has 1 fully saturated rings. The minimum Gasteiger partial charge on any atom is -0.353 e.